The summed E-state index contributed by atoms with van der Waals surface area (Å²) < 4.78 is 18.0. The highest BCUT2D eigenvalue weighted by Gasteiger charge is 2.20. The van der Waals surface area contributed by atoms with Crippen molar-refractivity contribution in [1.29, 1.82) is 0 Å². The molecule has 33 heavy (non-hydrogen) atoms. The van der Waals surface area contributed by atoms with Crippen LogP contribution in [0.4, 0.5) is 5.82 Å². The second kappa shape index (κ2) is 9.36. The van der Waals surface area contributed by atoms with E-state index in [2.05, 4.69) is 18.3 Å². The summed E-state index contributed by atoms with van der Waals surface area (Å²) in [4.78, 5) is 18.1. The van der Waals surface area contributed by atoms with E-state index in [0.29, 0.717) is 28.6 Å². The molecule has 0 radical (unpaired) electrons. The normalized spacial score (nSPS) is 11.1. The second-order valence-corrected chi connectivity index (χ2v) is 7.85. The Balaban J connectivity index is 1.78. The Hall–Kier alpha value is -3.81. The first-order valence-corrected chi connectivity index (χ1v) is 10.9. The van der Waals surface area contributed by atoms with Crippen LogP contribution >= 0.6 is 0 Å². The van der Waals surface area contributed by atoms with Crippen LogP contribution in [-0.2, 0) is 6.54 Å². The number of carbonyl (C=O) groups excluding carboxylic acids is 1. The van der Waals surface area contributed by atoms with Crippen molar-refractivity contribution in [1.82, 2.24) is 14.8 Å². The first-order chi connectivity index (χ1) is 16.0. The maximum Gasteiger partial charge on any atom is 0.257 e. The van der Waals surface area contributed by atoms with Gasteiger partial charge in [-0.05, 0) is 43.2 Å². The molecule has 0 aliphatic rings. The molecule has 0 aliphatic carbocycles. The van der Waals surface area contributed by atoms with Gasteiger partial charge in [0.2, 0.25) is 5.75 Å². The average molecular weight is 449 g/mol. The Morgan fingerprint density at radius 2 is 1.76 bits per heavy atom. The lowest BCUT2D eigenvalue weighted by Crippen LogP contribution is -2.13. The minimum Gasteiger partial charge on any atom is -0.493 e. The van der Waals surface area contributed by atoms with Crippen molar-refractivity contribution >= 4 is 33.7 Å². The highest BCUT2D eigenvalue weighted by atomic mass is 16.5. The number of anilines is 1. The molecule has 4 aromatic rings. The molecule has 8 nitrogen and oxygen atoms in total. The summed E-state index contributed by atoms with van der Waals surface area (Å²) in [6.07, 6.45) is 1.99. The van der Waals surface area contributed by atoms with Crippen molar-refractivity contribution < 1.29 is 19.0 Å². The van der Waals surface area contributed by atoms with Gasteiger partial charge in [0.05, 0.1) is 32.2 Å². The summed E-state index contributed by atoms with van der Waals surface area (Å²) in [6.45, 7) is 4.89. The molecule has 1 N–H and O–H groups in total. The first kappa shape index (κ1) is 22.4. The smallest absolute Gasteiger partial charge is 0.257 e. The standard InChI is InChI=1S/C25H28N4O4/c1-6-7-10-29-24-18(12-16-9-8-15(2)11-19(16)26-24)23(28-29)27-25(30)17-13-20(31-3)22(33-5)21(14-17)32-4/h8-9,11-14H,6-7,10H2,1-5H3,(H,27,28,30). The van der Waals surface area contributed by atoms with Gasteiger partial charge in [-0.25, -0.2) is 9.67 Å². The van der Waals surface area contributed by atoms with Crippen molar-refractivity contribution in [3.05, 3.63) is 47.5 Å². The summed E-state index contributed by atoms with van der Waals surface area (Å²) in [7, 11) is 4.55. The van der Waals surface area contributed by atoms with Gasteiger partial charge < -0.3 is 19.5 Å². The molecule has 172 valence electrons. The zero-order valence-electron chi connectivity index (χ0n) is 19.6. The summed E-state index contributed by atoms with van der Waals surface area (Å²) in [5, 5.41) is 9.43. The average Bonchev–Trinajstić information content (AvgIpc) is 3.15. The fourth-order valence-corrected chi connectivity index (χ4v) is 3.81. The van der Waals surface area contributed by atoms with E-state index >= 15 is 0 Å². The maximum absolute atomic E-state index is 13.2. The number of carbonyl (C=O) groups is 1. The van der Waals surface area contributed by atoms with Crippen LogP contribution in [-0.4, -0.2) is 42.0 Å². The largest absolute Gasteiger partial charge is 0.493 e. The molecule has 0 spiro atoms. The monoisotopic (exact) mass is 448 g/mol. The van der Waals surface area contributed by atoms with Crippen molar-refractivity contribution in [2.24, 2.45) is 0 Å². The molecular formula is C25H28N4O4. The molecule has 2 heterocycles. The number of ether oxygens (including phenoxy) is 3. The Bertz CT molecular complexity index is 1300. The molecule has 0 saturated carbocycles. The minimum atomic E-state index is -0.333. The van der Waals surface area contributed by atoms with Crippen molar-refractivity contribution in [3.63, 3.8) is 0 Å². The van der Waals surface area contributed by atoms with E-state index in [9.17, 15) is 4.79 Å². The number of methoxy groups -OCH3 is 3. The quantitative estimate of drug-likeness (QED) is 0.409. The van der Waals surface area contributed by atoms with Crippen molar-refractivity contribution in [2.75, 3.05) is 26.6 Å². The lowest BCUT2D eigenvalue weighted by molar-refractivity contribution is 0.102. The number of benzene rings is 2. The number of amides is 1. The SMILES string of the molecule is CCCCn1nc(NC(=O)c2cc(OC)c(OC)c(OC)c2)c2cc3ccc(C)cc3nc21. The lowest BCUT2D eigenvalue weighted by Gasteiger charge is -2.13. The number of fused-ring (bicyclic) bond motifs is 2. The van der Waals surface area contributed by atoms with E-state index in [1.807, 2.05) is 29.8 Å². The fourth-order valence-electron chi connectivity index (χ4n) is 3.81. The Morgan fingerprint density at radius 3 is 2.39 bits per heavy atom. The molecule has 0 unspecified atom stereocenters. The van der Waals surface area contributed by atoms with Gasteiger partial charge in [-0.1, -0.05) is 25.5 Å². The van der Waals surface area contributed by atoms with E-state index in [1.165, 1.54) is 21.3 Å². The van der Waals surface area contributed by atoms with Crippen LogP contribution in [0.25, 0.3) is 21.9 Å². The number of rotatable bonds is 8. The maximum atomic E-state index is 13.2. The predicted molar refractivity (Wildman–Crippen MR) is 129 cm³/mol. The molecule has 0 fully saturated rings. The van der Waals surface area contributed by atoms with Crippen LogP contribution in [0.5, 0.6) is 17.2 Å². The summed E-state index contributed by atoms with van der Waals surface area (Å²) >= 11 is 0. The van der Waals surface area contributed by atoms with E-state index < -0.39 is 0 Å². The van der Waals surface area contributed by atoms with Crippen LogP contribution in [0.15, 0.2) is 36.4 Å². The van der Waals surface area contributed by atoms with Gasteiger partial charge >= 0.3 is 0 Å². The number of pyridine rings is 1. The molecular weight excluding hydrogens is 420 g/mol. The van der Waals surface area contributed by atoms with Gasteiger partial charge in [0, 0.05) is 17.5 Å². The second-order valence-electron chi connectivity index (χ2n) is 7.85. The van der Waals surface area contributed by atoms with Crippen LogP contribution in [0.3, 0.4) is 0 Å². The molecule has 0 saturated heterocycles. The molecule has 2 aromatic carbocycles. The van der Waals surface area contributed by atoms with E-state index in [-0.39, 0.29) is 5.91 Å². The van der Waals surface area contributed by atoms with Gasteiger partial charge in [-0.2, -0.15) is 5.10 Å². The Kier molecular flexibility index (Phi) is 6.35. The molecule has 1 amide bonds. The van der Waals surface area contributed by atoms with E-state index in [1.54, 1.807) is 12.1 Å². The van der Waals surface area contributed by atoms with E-state index in [4.69, 9.17) is 24.3 Å². The molecule has 0 atom stereocenters. The molecule has 4 rings (SSSR count). The van der Waals surface area contributed by atoms with Crippen molar-refractivity contribution in [3.8, 4) is 17.2 Å². The summed E-state index contributed by atoms with van der Waals surface area (Å²) in [5.74, 6) is 1.37. The number of hydrogen-bond donors (Lipinski definition) is 1. The number of unbranched alkanes of at least 4 members (excludes halogenated alkanes) is 1. The molecule has 8 heteroatoms. The number of aryl methyl sites for hydroxylation is 2. The summed E-state index contributed by atoms with van der Waals surface area (Å²) in [6, 6.07) is 11.4. The number of nitrogens with zero attached hydrogens (tertiary/aromatic N) is 3. The van der Waals surface area contributed by atoms with Crippen LogP contribution in [0.2, 0.25) is 0 Å². The number of hydrogen-bond acceptors (Lipinski definition) is 6. The van der Waals surface area contributed by atoms with Gasteiger partial charge in [0.25, 0.3) is 5.91 Å². The Labute approximate surface area is 192 Å². The minimum absolute atomic E-state index is 0.333. The van der Waals surface area contributed by atoms with Gasteiger partial charge in [-0.3, -0.25) is 4.79 Å². The number of aromatic nitrogens is 3. The van der Waals surface area contributed by atoms with Crippen LogP contribution < -0.4 is 19.5 Å². The van der Waals surface area contributed by atoms with Crippen LogP contribution in [0.1, 0.15) is 35.7 Å². The highest BCUT2D eigenvalue weighted by molar-refractivity contribution is 6.09. The molecule has 0 aliphatic heterocycles. The topological polar surface area (TPSA) is 87.5 Å². The molecule has 0 bridgehead atoms. The third kappa shape index (κ3) is 4.28. The predicted octanol–water partition coefficient (Wildman–Crippen LogP) is 4.97. The zero-order valence-corrected chi connectivity index (χ0v) is 19.6. The van der Waals surface area contributed by atoms with Crippen LogP contribution in [0, 0.1) is 6.92 Å². The number of nitrogens with one attached hydrogen (secondary N) is 1. The van der Waals surface area contributed by atoms with Gasteiger partial charge in [0.1, 0.15) is 0 Å². The zero-order chi connectivity index (χ0) is 23.5. The highest BCUT2D eigenvalue weighted by Crippen LogP contribution is 2.38. The lowest BCUT2D eigenvalue weighted by atomic mass is 10.1. The van der Waals surface area contributed by atoms with E-state index in [0.717, 1.165) is 46.9 Å². The van der Waals surface area contributed by atoms with Crippen molar-refractivity contribution in [2.45, 2.75) is 33.2 Å². The summed E-state index contributed by atoms with van der Waals surface area (Å²) in [5.41, 5.74) is 3.17. The molecule has 2 aromatic heterocycles. The van der Waals surface area contributed by atoms with Gasteiger partial charge in [-0.15, -0.1) is 0 Å². The van der Waals surface area contributed by atoms with Gasteiger partial charge in [0.15, 0.2) is 23.0 Å². The third-order valence-corrected chi connectivity index (χ3v) is 5.56. The third-order valence-electron chi connectivity index (χ3n) is 5.56. The Morgan fingerprint density at radius 1 is 1.03 bits per heavy atom. The fraction of sp³-hybridized carbons (Fsp3) is 0.320. The first-order valence-electron chi connectivity index (χ1n) is 10.9.